The molecule has 0 spiro atoms. The number of nitrogens with zero attached hydrogens (tertiary/aromatic N) is 1. The molecule has 0 fully saturated rings. The highest BCUT2D eigenvalue weighted by Gasteiger charge is 2.20. The zero-order valence-corrected chi connectivity index (χ0v) is 16.3. The molecule has 0 aromatic carbocycles. The summed E-state index contributed by atoms with van der Waals surface area (Å²) in [5.41, 5.74) is 0. The second-order valence-electron chi connectivity index (χ2n) is 6.83. The molecule has 0 saturated carbocycles. The van der Waals surface area contributed by atoms with Gasteiger partial charge in [0.2, 0.25) is 0 Å². The first kappa shape index (κ1) is 25.3. The molecular formula is C16H39NO5P+. The molecule has 4 N–H and O–H groups in total. The Hall–Kier alpha value is 0.0300. The number of rotatable bonds is 12. The first-order valence-corrected chi connectivity index (χ1v) is 10.4. The predicted molar refractivity (Wildman–Crippen MR) is 94.8 cm³/mol. The molecule has 6 nitrogen and oxygen atoms in total. The highest BCUT2D eigenvalue weighted by molar-refractivity contribution is 7.45. The Bertz CT molecular complexity index is 297. The predicted octanol–water partition coefficient (Wildman–Crippen LogP) is 3.39. The van der Waals surface area contributed by atoms with Crippen LogP contribution in [0.25, 0.3) is 0 Å². The molecule has 0 amide bonds. The molecule has 0 rings (SSSR count). The summed E-state index contributed by atoms with van der Waals surface area (Å²) in [7, 11) is -0.420. The van der Waals surface area contributed by atoms with E-state index in [-0.39, 0.29) is 6.23 Å². The fourth-order valence-corrected chi connectivity index (χ4v) is 2.19. The van der Waals surface area contributed by atoms with Gasteiger partial charge in [0, 0.05) is 6.92 Å². The van der Waals surface area contributed by atoms with E-state index >= 15 is 0 Å². The lowest BCUT2D eigenvalue weighted by Crippen LogP contribution is -2.47. The average molecular weight is 356 g/mol. The first-order valence-electron chi connectivity index (χ1n) is 8.79. The van der Waals surface area contributed by atoms with Gasteiger partial charge in [-0.25, -0.2) is 4.57 Å². The van der Waals surface area contributed by atoms with Gasteiger partial charge in [-0.3, -0.25) is 0 Å². The van der Waals surface area contributed by atoms with Gasteiger partial charge in [0.1, 0.15) is 0 Å². The summed E-state index contributed by atoms with van der Waals surface area (Å²) in [5.74, 6) is 0. The summed E-state index contributed by atoms with van der Waals surface area (Å²) < 4.78 is 9.62. The number of unbranched alkanes of at least 4 members (excludes halogenated alkanes) is 9. The smallest absolute Gasteiger partial charge is 0.345 e. The Morgan fingerprint density at radius 2 is 1.13 bits per heavy atom. The lowest BCUT2D eigenvalue weighted by molar-refractivity contribution is -0.934. The van der Waals surface area contributed by atoms with Crippen molar-refractivity contribution >= 4 is 7.82 Å². The van der Waals surface area contributed by atoms with E-state index in [0.29, 0.717) is 0 Å². The van der Waals surface area contributed by atoms with Crippen molar-refractivity contribution in [2.75, 3.05) is 20.6 Å². The van der Waals surface area contributed by atoms with Gasteiger partial charge >= 0.3 is 7.82 Å². The summed E-state index contributed by atoms with van der Waals surface area (Å²) in [6.45, 7) is 5.25. The third kappa shape index (κ3) is 24.4. The van der Waals surface area contributed by atoms with E-state index in [9.17, 15) is 5.11 Å². The fourth-order valence-electron chi connectivity index (χ4n) is 2.19. The zero-order valence-electron chi connectivity index (χ0n) is 15.4. The lowest BCUT2D eigenvalue weighted by atomic mass is 10.1. The maximum absolute atomic E-state index is 9.60. The third-order valence-corrected chi connectivity index (χ3v) is 4.10. The largest absolute Gasteiger partial charge is 0.466 e. The Labute approximate surface area is 142 Å². The minimum atomic E-state index is -4.64. The van der Waals surface area contributed by atoms with Gasteiger partial charge in [-0.2, -0.15) is 0 Å². The van der Waals surface area contributed by atoms with Crippen molar-refractivity contribution in [2.45, 2.75) is 84.3 Å². The van der Waals surface area contributed by atoms with Crippen LogP contribution in [0.3, 0.4) is 0 Å². The molecule has 23 heavy (non-hydrogen) atoms. The van der Waals surface area contributed by atoms with Crippen LogP contribution < -0.4 is 0 Å². The average Bonchev–Trinajstić information content (AvgIpc) is 2.38. The van der Waals surface area contributed by atoms with Gasteiger partial charge in [0.25, 0.3) is 0 Å². The van der Waals surface area contributed by atoms with Gasteiger partial charge in [0.05, 0.1) is 20.6 Å². The van der Waals surface area contributed by atoms with Gasteiger partial charge in [0.15, 0.2) is 6.23 Å². The molecule has 0 bridgehead atoms. The minimum absolute atomic E-state index is 0.247. The summed E-state index contributed by atoms with van der Waals surface area (Å²) in [5, 5.41) is 9.60. The molecule has 0 aliphatic rings. The number of aliphatic hydroxyl groups excluding tert-OH is 1. The second kappa shape index (κ2) is 14.4. The summed E-state index contributed by atoms with van der Waals surface area (Å²) in [6.07, 6.45) is 13.5. The SMILES string of the molecule is CCCCCCCCCCCC[N+](C)(C)C(C)O.O=P(O)(O)O. The standard InChI is InChI=1S/C16H36NO.H3O4P/c1-5-6-7-8-9-10-11-12-13-14-15-17(3,4)16(2)18;1-5(2,3)4/h16,18H,5-15H2,1-4H3;(H3,1,2,3,4)/q+1;. The highest BCUT2D eigenvalue weighted by Crippen LogP contribution is 2.25. The van der Waals surface area contributed by atoms with Crippen molar-refractivity contribution in [1.82, 2.24) is 0 Å². The van der Waals surface area contributed by atoms with Gasteiger partial charge < -0.3 is 24.3 Å². The molecule has 0 saturated heterocycles. The van der Waals surface area contributed by atoms with Crippen molar-refractivity contribution in [3.63, 3.8) is 0 Å². The van der Waals surface area contributed by atoms with Crippen LogP contribution in [0.2, 0.25) is 0 Å². The van der Waals surface area contributed by atoms with E-state index in [1.165, 1.54) is 64.2 Å². The zero-order chi connectivity index (χ0) is 18.4. The highest BCUT2D eigenvalue weighted by atomic mass is 31.2. The van der Waals surface area contributed by atoms with Crippen LogP contribution in [0.5, 0.6) is 0 Å². The van der Waals surface area contributed by atoms with Crippen molar-refractivity contribution in [2.24, 2.45) is 0 Å². The Morgan fingerprint density at radius 1 is 0.826 bits per heavy atom. The van der Waals surface area contributed by atoms with Crippen molar-refractivity contribution in [1.29, 1.82) is 0 Å². The van der Waals surface area contributed by atoms with E-state index in [1.807, 2.05) is 6.92 Å². The van der Waals surface area contributed by atoms with E-state index in [1.54, 1.807) is 0 Å². The Kier molecular flexibility index (Phi) is 15.8. The molecule has 0 aromatic rings. The van der Waals surface area contributed by atoms with Crippen LogP contribution in [0.4, 0.5) is 0 Å². The number of aliphatic hydroxyl groups is 1. The van der Waals surface area contributed by atoms with E-state index < -0.39 is 7.82 Å². The van der Waals surface area contributed by atoms with Gasteiger partial charge in [-0.05, 0) is 12.8 Å². The van der Waals surface area contributed by atoms with Crippen LogP contribution in [0.1, 0.15) is 78.1 Å². The maximum atomic E-state index is 9.60. The monoisotopic (exact) mass is 356 g/mol. The molecule has 0 aromatic heterocycles. The quantitative estimate of drug-likeness (QED) is 0.186. The van der Waals surface area contributed by atoms with Gasteiger partial charge in [-0.15, -0.1) is 0 Å². The maximum Gasteiger partial charge on any atom is 0.466 e. The van der Waals surface area contributed by atoms with E-state index in [4.69, 9.17) is 19.2 Å². The number of hydrogen-bond donors (Lipinski definition) is 4. The number of phosphoric acid groups is 1. The van der Waals surface area contributed by atoms with Crippen molar-refractivity contribution in [3.8, 4) is 0 Å². The van der Waals surface area contributed by atoms with Crippen LogP contribution in [-0.2, 0) is 4.57 Å². The van der Waals surface area contributed by atoms with E-state index in [2.05, 4.69) is 21.0 Å². The Morgan fingerprint density at radius 3 is 1.43 bits per heavy atom. The Balaban J connectivity index is 0. The third-order valence-electron chi connectivity index (χ3n) is 4.10. The minimum Gasteiger partial charge on any atom is -0.345 e. The molecule has 1 unspecified atom stereocenters. The molecule has 0 aliphatic carbocycles. The molecule has 7 heteroatoms. The molecule has 142 valence electrons. The lowest BCUT2D eigenvalue weighted by Gasteiger charge is -2.32. The summed E-state index contributed by atoms with van der Waals surface area (Å²) in [4.78, 5) is 21.6. The topological polar surface area (TPSA) is 98.0 Å². The van der Waals surface area contributed by atoms with Crippen molar-refractivity contribution < 1.29 is 28.8 Å². The van der Waals surface area contributed by atoms with Crippen LogP contribution >= 0.6 is 7.82 Å². The van der Waals surface area contributed by atoms with Crippen LogP contribution in [0, 0.1) is 0 Å². The molecule has 0 heterocycles. The van der Waals surface area contributed by atoms with Crippen molar-refractivity contribution in [3.05, 3.63) is 0 Å². The molecule has 1 atom stereocenters. The first-order chi connectivity index (χ1) is 10.5. The molecular weight excluding hydrogens is 317 g/mol. The summed E-state index contributed by atoms with van der Waals surface area (Å²) in [6, 6.07) is 0. The second-order valence-corrected chi connectivity index (χ2v) is 7.86. The number of quaternary nitrogens is 1. The van der Waals surface area contributed by atoms with Crippen LogP contribution in [-0.4, -0.2) is 51.1 Å². The molecule has 0 radical (unpaired) electrons. The normalized spacial score (nSPS) is 13.4. The number of hydrogen-bond acceptors (Lipinski definition) is 2. The summed E-state index contributed by atoms with van der Waals surface area (Å²) >= 11 is 0. The van der Waals surface area contributed by atoms with Gasteiger partial charge in [-0.1, -0.05) is 58.3 Å². The molecule has 0 aliphatic heterocycles. The fraction of sp³-hybridized carbons (Fsp3) is 1.00. The van der Waals surface area contributed by atoms with Crippen LogP contribution in [0.15, 0.2) is 0 Å². The van der Waals surface area contributed by atoms with E-state index in [0.717, 1.165) is 11.0 Å².